The second-order valence-electron chi connectivity index (χ2n) is 15.9. The van der Waals surface area contributed by atoms with Gasteiger partial charge in [0.25, 0.3) is 0 Å². The molecule has 0 aromatic carbocycles. The van der Waals surface area contributed by atoms with Gasteiger partial charge in [-0.15, -0.1) is 0 Å². The third kappa shape index (κ3) is 43.6. The molecule has 0 aromatic heterocycles. The van der Waals surface area contributed by atoms with Gasteiger partial charge < -0.3 is 25.2 Å². The number of hydrogen-bond acceptors (Lipinski definition) is 8. The maximum Gasteiger partial charge on any atom is 0.472 e. The number of carbonyl (C=O) groups is 3. The molecule has 0 saturated carbocycles. The Morgan fingerprint density at radius 3 is 1.39 bits per heavy atom. The minimum absolute atomic E-state index is 0.0874. The fraction of sp³-hybridized carbons (Fsp3) is 0.700. The topological polar surface area (TPSA) is 169 Å². The normalized spacial score (nSPS) is 14.3. The molecular weight excluding hydrogens is 806 g/mol. The summed E-state index contributed by atoms with van der Waals surface area (Å²) in [5.41, 5.74) is 0. The fourth-order valence-corrected chi connectivity index (χ4v) is 7.09. The number of hydrogen-bond donors (Lipinski definition) is 4. The molecule has 0 aliphatic carbocycles. The first kappa shape index (κ1) is 58.9. The molecule has 11 nitrogen and oxygen atoms in total. The molecule has 4 N–H and O–H groups in total. The highest BCUT2D eigenvalue weighted by Crippen LogP contribution is 2.43. The van der Waals surface area contributed by atoms with Gasteiger partial charge in [0.15, 0.2) is 6.04 Å². The first-order chi connectivity index (χ1) is 30.1. The lowest BCUT2D eigenvalue weighted by Gasteiger charge is -2.18. The molecule has 1 amide bonds. The van der Waals surface area contributed by atoms with Gasteiger partial charge in [-0.1, -0.05) is 189 Å². The van der Waals surface area contributed by atoms with Crippen molar-refractivity contribution in [1.82, 2.24) is 5.32 Å². The maximum atomic E-state index is 12.3. The van der Waals surface area contributed by atoms with Crippen LogP contribution in [0.15, 0.2) is 72.9 Å². The smallest absolute Gasteiger partial charge is 0.472 e. The number of carboxylic acids is 1. The lowest BCUT2D eigenvalue weighted by atomic mass is 10.0. The van der Waals surface area contributed by atoms with Crippen molar-refractivity contribution < 1.29 is 47.8 Å². The molecule has 3 unspecified atom stereocenters. The Morgan fingerprint density at radius 2 is 0.935 bits per heavy atom. The second-order valence-corrected chi connectivity index (χ2v) is 17.4. The van der Waals surface area contributed by atoms with Crippen LogP contribution in [-0.2, 0) is 32.7 Å². The largest absolute Gasteiger partial charge is 0.480 e. The zero-order valence-electron chi connectivity index (χ0n) is 38.6. The van der Waals surface area contributed by atoms with Crippen LogP contribution in [0.3, 0.4) is 0 Å². The number of carboxylic acid groups (broad SMARTS) is 1. The molecule has 0 spiro atoms. The molecule has 12 heteroatoms. The van der Waals surface area contributed by atoms with E-state index in [2.05, 4.69) is 86.0 Å². The van der Waals surface area contributed by atoms with Crippen LogP contribution in [-0.4, -0.2) is 64.9 Å². The molecule has 0 heterocycles. The van der Waals surface area contributed by atoms with Crippen molar-refractivity contribution in [2.45, 2.75) is 206 Å². The summed E-state index contributed by atoms with van der Waals surface area (Å²) in [5.74, 6) is -2.44. The number of phosphoric acid groups is 1. The molecule has 0 aliphatic heterocycles. The highest BCUT2D eigenvalue weighted by atomic mass is 31.2. The van der Waals surface area contributed by atoms with E-state index in [1.807, 2.05) is 6.08 Å². The zero-order chi connectivity index (χ0) is 45.6. The van der Waals surface area contributed by atoms with E-state index in [-0.39, 0.29) is 12.8 Å². The summed E-state index contributed by atoms with van der Waals surface area (Å²) in [6, 6.07) is -1.57. The monoisotopic (exact) mass is 892 g/mol. The number of nitrogens with one attached hydrogen (secondary N) is 1. The van der Waals surface area contributed by atoms with Crippen LogP contribution in [0.25, 0.3) is 0 Å². The molecule has 0 rings (SSSR count). The molecular formula is C50H86NO10P. The third-order valence-corrected chi connectivity index (χ3v) is 11.0. The Morgan fingerprint density at radius 1 is 0.532 bits per heavy atom. The number of rotatable bonds is 44. The van der Waals surface area contributed by atoms with Crippen molar-refractivity contribution >= 4 is 25.7 Å². The van der Waals surface area contributed by atoms with Crippen LogP contribution in [0.4, 0.5) is 0 Å². The fourth-order valence-electron chi connectivity index (χ4n) is 6.32. The van der Waals surface area contributed by atoms with Crippen LogP contribution >= 0.6 is 7.82 Å². The number of carbonyl (C=O) groups excluding carboxylic acids is 2. The first-order valence-corrected chi connectivity index (χ1v) is 25.5. The van der Waals surface area contributed by atoms with Gasteiger partial charge in [0.05, 0.1) is 13.2 Å². The van der Waals surface area contributed by atoms with E-state index >= 15 is 0 Å². The van der Waals surface area contributed by atoms with Crippen molar-refractivity contribution in [2.24, 2.45) is 0 Å². The quantitative estimate of drug-likeness (QED) is 0.0200. The van der Waals surface area contributed by atoms with Crippen LogP contribution in [0.1, 0.15) is 194 Å². The van der Waals surface area contributed by atoms with Crippen molar-refractivity contribution in [1.29, 1.82) is 0 Å². The molecule has 62 heavy (non-hydrogen) atoms. The van der Waals surface area contributed by atoms with Crippen molar-refractivity contribution in [3.8, 4) is 0 Å². The number of allylic oxidation sites excluding steroid dienone is 12. The van der Waals surface area contributed by atoms with Crippen LogP contribution in [0.5, 0.6) is 0 Å². The van der Waals surface area contributed by atoms with Crippen molar-refractivity contribution in [3.05, 3.63) is 72.9 Å². The van der Waals surface area contributed by atoms with E-state index < -0.39 is 57.6 Å². The number of esters is 1. The van der Waals surface area contributed by atoms with Crippen LogP contribution < -0.4 is 5.32 Å². The Kier molecular flexibility index (Phi) is 42.3. The Hall–Kier alpha value is -3.08. The Bertz CT molecular complexity index is 1320. The lowest BCUT2D eigenvalue weighted by molar-refractivity contribution is -0.147. The average molecular weight is 892 g/mol. The van der Waals surface area contributed by atoms with E-state index in [9.17, 15) is 34.1 Å². The maximum absolute atomic E-state index is 12.3. The number of aliphatic hydroxyl groups is 1. The SMILES string of the molecule is CC/C=C\C/C=C\C/C=C\C/C=C\C/C=C\C/C=C\CCCCC(=O)NC(COP(=O)(O)OCC(O)COC(=O)CCCCCCCCCCCCCCCCCCC)C(=O)O. The minimum atomic E-state index is -4.77. The predicted molar refractivity (Wildman–Crippen MR) is 254 cm³/mol. The summed E-state index contributed by atoms with van der Waals surface area (Å²) in [6.45, 7) is 2.46. The molecule has 0 bridgehead atoms. The molecule has 0 radical (unpaired) electrons. The summed E-state index contributed by atoms with van der Waals surface area (Å²) in [6.07, 6.45) is 53.5. The van der Waals surface area contributed by atoms with Crippen molar-refractivity contribution in [2.75, 3.05) is 19.8 Å². The van der Waals surface area contributed by atoms with Gasteiger partial charge in [0.1, 0.15) is 12.7 Å². The number of amides is 1. The summed E-state index contributed by atoms with van der Waals surface area (Å²) in [7, 11) is -4.77. The number of aliphatic carboxylic acids is 1. The Labute approximate surface area is 376 Å². The van der Waals surface area contributed by atoms with E-state index in [0.717, 1.165) is 70.6 Å². The molecule has 0 aliphatic rings. The molecule has 0 saturated heterocycles. The highest BCUT2D eigenvalue weighted by molar-refractivity contribution is 7.47. The molecule has 356 valence electrons. The Balaban J connectivity index is 3.95. The van der Waals surface area contributed by atoms with E-state index in [0.29, 0.717) is 12.8 Å². The molecule has 0 aromatic rings. The van der Waals surface area contributed by atoms with Gasteiger partial charge in [-0.3, -0.25) is 18.6 Å². The highest BCUT2D eigenvalue weighted by Gasteiger charge is 2.28. The number of aliphatic hydroxyl groups excluding tert-OH is 1. The first-order valence-electron chi connectivity index (χ1n) is 24.0. The van der Waals surface area contributed by atoms with Crippen LogP contribution in [0.2, 0.25) is 0 Å². The summed E-state index contributed by atoms with van der Waals surface area (Å²) in [4.78, 5) is 46.0. The summed E-state index contributed by atoms with van der Waals surface area (Å²) in [5, 5.41) is 21.9. The molecule has 0 fully saturated rings. The van der Waals surface area contributed by atoms with E-state index in [4.69, 9.17) is 13.8 Å². The number of phosphoric ester groups is 1. The predicted octanol–water partition coefficient (Wildman–Crippen LogP) is 12.9. The van der Waals surface area contributed by atoms with Gasteiger partial charge >= 0.3 is 19.8 Å². The van der Waals surface area contributed by atoms with E-state index in [1.54, 1.807) is 0 Å². The zero-order valence-corrected chi connectivity index (χ0v) is 39.5. The standard InChI is InChI=1S/C50H86NO10P/c1-3-5-7-9-11-13-15-17-19-21-22-23-24-26-27-29-31-33-35-37-39-41-48(53)51-47(50(55)56)45-61-62(57,58)60-44-46(52)43-59-49(54)42-40-38-36-34-32-30-28-25-20-18-16-14-12-10-8-6-4-2/h5,7,11,13,17,19,22-23,26-27,31,33,46-47,52H,3-4,6,8-10,12,14-16,18,20-21,24-25,28-30,32,34-45H2,1-2H3,(H,51,53)(H,55,56)(H,57,58)/b7-5-,13-11-,19-17-,23-22-,27-26-,33-31-. The average Bonchev–Trinajstić information content (AvgIpc) is 3.25. The lowest BCUT2D eigenvalue weighted by Crippen LogP contribution is -2.43. The van der Waals surface area contributed by atoms with Gasteiger partial charge in [0.2, 0.25) is 5.91 Å². The van der Waals surface area contributed by atoms with Gasteiger partial charge in [0, 0.05) is 12.8 Å². The van der Waals surface area contributed by atoms with Crippen LogP contribution in [0, 0.1) is 0 Å². The van der Waals surface area contributed by atoms with Gasteiger partial charge in [-0.25, -0.2) is 9.36 Å². The van der Waals surface area contributed by atoms with Gasteiger partial charge in [-0.05, 0) is 64.2 Å². The summed E-state index contributed by atoms with van der Waals surface area (Å²) >= 11 is 0. The van der Waals surface area contributed by atoms with Crippen molar-refractivity contribution in [3.63, 3.8) is 0 Å². The third-order valence-electron chi connectivity index (χ3n) is 10.0. The minimum Gasteiger partial charge on any atom is -0.480 e. The summed E-state index contributed by atoms with van der Waals surface area (Å²) < 4.78 is 26.9. The van der Waals surface area contributed by atoms with Gasteiger partial charge in [-0.2, -0.15) is 0 Å². The number of unbranched alkanes of at least 4 members (excludes halogenated alkanes) is 18. The van der Waals surface area contributed by atoms with E-state index in [1.165, 1.54) is 83.5 Å². The number of ether oxygens (including phenoxy) is 1. The second kappa shape index (κ2) is 44.5. The molecule has 3 atom stereocenters.